The largest absolute Gasteiger partial charge is 0.382 e. The maximum atomic E-state index is 13.7. The Morgan fingerprint density at radius 2 is 1.91 bits per heavy atom. The summed E-state index contributed by atoms with van der Waals surface area (Å²) in [7, 11) is 0. The molecule has 2 aromatic rings. The highest BCUT2D eigenvalue weighted by Gasteiger charge is 2.29. The first-order valence-corrected chi connectivity index (χ1v) is 7.03. The minimum atomic E-state index is -0.710. The predicted octanol–water partition coefficient (Wildman–Crippen LogP) is 2.64. The maximum absolute atomic E-state index is 13.7. The van der Waals surface area contributed by atoms with Gasteiger partial charge in [0.25, 0.3) is 5.91 Å². The quantitative estimate of drug-likeness (QED) is 0.943. The van der Waals surface area contributed by atoms with Crippen molar-refractivity contribution < 1.29 is 14.0 Å². The molecule has 2 aromatic carbocycles. The van der Waals surface area contributed by atoms with Crippen LogP contribution in [0.1, 0.15) is 17.5 Å². The van der Waals surface area contributed by atoms with Gasteiger partial charge in [0.15, 0.2) is 0 Å². The molecular weight excluding hydrogens is 283 g/mol. The van der Waals surface area contributed by atoms with Gasteiger partial charge in [-0.1, -0.05) is 53.7 Å². The number of nitrogens with one attached hydrogen (secondary N) is 1. The van der Waals surface area contributed by atoms with Crippen LogP contribution < -0.4 is 5.32 Å². The Hall–Kier alpha value is -2.69. The number of carbonyl (C=O) groups excluding carboxylic acids is 1. The van der Waals surface area contributed by atoms with Crippen molar-refractivity contribution in [1.29, 1.82) is 0 Å². The number of amides is 1. The first kappa shape index (κ1) is 14.3. The van der Waals surface area contributed by atoms with Crippen LogP contribution in [0.3, 0.4) is 0 Å². The van der Waals surface area contributed by atoms with Crippen LogP contribution in [0.15, 0.2) is 59.8 Å². The molecule has 0 unspecified atom stereocenters. The highest BCUT2D eigenvalue weighted by Crippen LogP contribution is 2.19. The van der Waals surface area contributed by atoms with Crippen LogP contribution in [0.25, 0.3) is 0 Å². The summed E-state index contributed by atoms with van der Waals surface area (Å²) in [6, 6.07) is 15.9. The number of halogens is 1. The van der Waals surface area contributed by atoms with Gasteiger partial charge in [0, 0.05) is 18.5 Å². The predicted molar refractivity (Wildman–Crippen MR) is 80.7 cm³/mol. The third-order valence-corrected chi connectivity index (χ3v) is 3.46. The van der Waals surface area contributed by atoms with E-state index in [9.17, 15) is 9.18 Å². The molecule has 1 amide bonds. The van der Waals surface area contributed by atoms with Gasteiger partial charge in [0.2, 0.25) is 6.10 Å². The van der Waals surface area contributed by atoms with Crippen molar-refractivity contribution in [3.05, 3.63) is 71.5 Å². The third kappa shape index (κ3) is 3.14. The molecule has 0 aromatic heterocycles. The van der Waals surface area contributed by atoms with Gasteiger partial charge in [0.05, 0.1) is 5.71 Å². The Labute approximate surface area is 127 Å². The fourth-order valence-corrected chi connectivity index (χ4v) is 2.27. The van der Waals surface area contributed by atoms with E-state index in [1.54, 1.807) is 18.2 Å². The molecule has 1 heterocycles. The van der Waals surface area contributed by atoms with E-state index >= 15 is 0 Å². The Kier molecular flexibility index (Phi) is 4.14. The van der Waals surface area contributed by atoms with Crippen molar-refractivity contribution in [3.8, 4) is 0 Å². The number of rotatable bonds is 4. The minimum Gasteiger partial charge on any atom is -0.382 e. The summed E-state index contributed by atoms with van der Waals surface area (Å²) in [6.45, 7) is 0.425. The molecule has 0 saturated carbocycles. The number of oxime groups is 1. The molecule has 4 nitrogen and oxygen atoms in total. The van der Waals surface area contributed by atoms with Gasteiger partial charge in [-0.15, -0.1) is 0 Å². The Balaban J connectivity index is 1.57. The zero-order valence-electron chi connectivity index (χ0n) is 11.8. The van der Waals surface area contributed by atoms with Gasteiger partial charge in [-0.2, -0.15) is 0 Å². The average Bonchev–Trinajstić information content (AvgIpc) is 3.04. The van der Waals surface area contributed by atoms with E-state index < -0.39 is 6.10 Å². The van der Waals surface area contributed by atoms with E-state index in [0.29, 0.717) is 17.8 Å². The molecule has 0 aliphatic carbocycles. The van der Waals surface area contributed by atoms with Gasteiger partial charge in [-0.25, -0.2) is 4.39 Å². The van der Waals surface area contributed by atoms with Crippen molar-refractivity contribution >= 4 is 11.6 Å². The second-order valence-electron chi connectivity index (χ2n) is 5.02. The number of nitrogens with zero attached hydrogens (tertiary/aromatic N) is 1. The normalized spacial score (nSPS) is 16.8. The second kappa shape index (κ2) is 6.39. The van der Waals surface area contributed by atoms with Crippen molar-refractivity contribution in [2.45, 2.75) is 19.1 Å². The highest BCUT2D eigenvalue weighted by molar-refractivity contribution is 6.04. The van der Waals surface area contributed by atoms with E-state index in [2.05, 4.69) is 10.5 Å². The molecule has 1 atom stereocenters. The fourth-order valence-electron chi connectivity index (χ4n) is 2.27. The Morgan fingerprint density at radius 1 is 1.18 bits per heavy atom. The van der Waals surface area contributed by atoms with Crippen LogP contribution >= 0.6 is 0 Å². The molecule has 5 heteroatoms. The number of benzene rings is 2. The lowest BCUT2D eigenvalue weighted by molar-refractivity contribution is -0.131. The summed E-state index contributed by atoms with van der Waals surface area (Å²) in [5, 5.41) is 6.64. The van der Waals surface area contributed by atoms with Crippen LogP contribution in [0, 0.1) is 5.82 Å². The molecule has 0 bridgehead atoms. The van der Waals surface area contributed by atoms with E-state index in [-0.39, 0.29) is 18.1 Å². The molecule has 0 radical (unpaired) electrons. The molecule has 3 rings (SSSR count). The summed E-state index contributed by atoms with van der Waals surface area (Å²) in [4.78, 5) is 17.2. The van der Waals surface area contributed by atoms with Crippen LogP contribution in [0.2, 0.25) is 0 Å². The minimum absolute atomic E-state index is 0.251. The van der Waals surface area contributed by atoms with E-state index in [1.165, 1.54) is 6.07 Å². The summed E-state index contributed by atoms with van der Waals surface area (Å²) in [5.74, 6) is -0.617. The van der Waals surface area contributed by atoms with Crippen LogP contribution in [-0.2, 0) is 16.2 Å². The Bertz CT molecular complexity index is 701. The number of hydrogen-bond acceptors (Lipinski definition) is 3. The zero-order chi connectivity index (χ0) is 15.4. The van der Waals surface area contributed by atoms with E-state index in [4.69, 9.17) is 4.84 Å². The lowest BCUT2D eigenvalue weighted by Crippen LogP contribution is -2.34. The van der Waals surface area contributed by atoms with Gasteiger partial charge in [-0.05, 0) is 11.6 Å². The fraction of sp³-hybridized carbons (Fsp3) is 0.176. The van der Waals surface area contributed by atoms with Crippen LogP contribution in [0.5, 0.6) is 0 Å². The molecule has 1 N–H and O–H groups in total. The smallest absolute Gasteiger partial charge is 0.264 e. The summed E-state index contributed by atoms with van der Waals surface area (Å²) in [6.07, 6.45) is -0.444. The molecule has 0 saturated heterocycles. The second-order valence-corrected chi connectivity index (χ2v) is 5.02. The monoisotopic (exact) mass is 298 g/mol. The van der Waals surface area contributed by atoms with E-state index in [0.717, 1.165) is 5.56 Å². The van der Waals surface area contributed by atoms with E-state index in [1.807, 2.05) is 30.3 Å². The molecule has 112 valence electrons. The lowest BCUT2D eigenvalue weighted by Gasteiger charge is -2.09. The summed E-state index contributed by atoms with van der Waals surface area (Å²) < 4.78 is 13.7. The van der Waals surface area contributed by atoms with Gasteiger partial charge < -0.3 is 10.2 Å². The van der Waals surface area contributed by atoms with Crippen molar-refractivity contribution in [1.82, 2.24) is 5.32 Å². The van der Waals surface area contributed by atoms with Crippen LogP contribution in [-0.4, -0.2) is 17.7 Å². The summed E-state index contributed by atoms with van der Waals surface area (Å²) >= 11 is 0. The molecular formula is C17H15FN2O2. The highest BCUT2D eigenvalue weighted by atomic mass is 19.1. The maximum Gasteiger partial charge on any atom is 0.264 e. The van der Waals surface area contributed by atoms with Crippen molar-refractivity contribution in [3.63, 3.8) is 0 Å². The SMILES string of the molecule is O=C(NCc1ccccc1)[C@H]1CC(c2ccccc2F)=NO1. The number of carbonyl (C=O) groups is 1. The Morgan fingerprint density at radius 3 is 2.68 bits per heavy atom. The standard InChI is InChI=1S/C17H15FN2O2/c18-14-9-5-4-8-13(14)15-10-16(22-20-15)17(21)19-11-12-6-2-1-3-7-12/h1-9,16H,10-11H2,(H,19,21)/t16-/m1/s1. The van der Waals surface area contributed by atoms with Crippen LogP contribution in [0.4, 0.5) is 4.39 Å². The first-order valence-electron chi connectivity index (χ1n) is 7.03. The lowest BCUT2D eigenvalue weighted by atomic mass is 10.0. The number of hydrogen-bond donors (Lipinski definition) is 1. The third-order valence-electron chi connectivity index (χ3n) is 3.46. The topological polar surface area (TPSA) is 50.7 Å². The summed E-state index contributed by atoms with van der Waals surface area (Å²) in [5.41, 5.74) is 1.84. The van der Waals surface area contributed by atoms with Crippen molar-refractivity contribution in [2.75, 3.05) is 0 Å². The molecule has 0 spiro atoms. The zero-order valence-corrected chi connectivity index (χ0v) is 11.8. The van der Waals surface area contributed by atoms with Gasteiger partial charge in [0.1, 0.15) is 5.82 Å². The average molecular weight is 298 g/mol. The first-order chi connectivity index (χ1) is 10.7. The molecule has 0 fully saturated rings. The van der Waals surface area contributed by atoms with Gasteiger partial charge >= 0.3 is 0 Å². The van der Waals surface area contributed by atoms with Gasteiger partial charge in [-0.3, -0.25) is 4.79 Å². The molecule has 1 aliphatic heterocycles. The van der Waals surface area contributed by atoms with Crippen molar-refractivity contribution in [2.24, 2.45) is 5.16 Å². The molecule has 22 heavy (non-hydrogen) atoms. The molecule has 1 aliphatic rings.